The Kier molecular flexibility index (Phi) is 4.82. The molecule has 27 heavy (non-hydrogen) atoms. The summed E-state index contributed by atoms with van der Waals surface area (Å²) in [5, 5.41) is 6.33. The number of nitrogens with one attached hydrogen (secondary N) is 1. The van der Waals surface area contributed by atoms with E-state index in [0.717, 1.165) is 15.8 Å². The number of carbonyl (C=O) groups is 1. The lowest BCUT2D eigenvalue weighted by Gasteiger charge is -2.16. The normalized spacial score (nSPS) is 12.2. The van der Waals surface area contributed by atoms with Crippen molar-refractivity contribution in [1.82, 2.24) is 9.88 Å². The molecule has 4 aromatic rings. The van der Waals surface area contributed by atoms with Gasteiger partial charge in [-0.1, -0.05) is 60.2 Å². The van der Waals surface area contributed by atoms with Crippen molar-refractivity contribution in [2.24, 2.45) is 0 Å². The molecule has 0 unspecified atom stereocenters. The number of thiophene rings is 1. The Balaban J connectivity index is 1.63. The maximum absolute atomic E-state index is 13.0. The average molecular weight is 375 g/mol. The lowest BCUT2D eigenvalue weighted by molar-refractivity contribution is 0.0931. The molecule has 0 aliphatic heterocycles. The van der Waals surface area contributed by atoms with E-state index in [1.54, 1.807) is 11.3 Å². The molecule has 1 amide bonds. The van der Waals surface area contributed by atoms with Gasteiger partial charge in [-0.05, 0) is 42.5 Å². The predicted octanol–water partition coefficient (Wildman–Crippen LogP) is 5.55. The van der Waals surface area contributed by atoms with E-state index in [-0.39, 0.29) is 11.9 Å². The fourth-order valence-electron chi connectivity index (χ4n) is 3.29. The number of amides is 1. The second-order valence-corrected chi connectivity index (χ2v) is 7.78. The van der Waals surface area contributed by atoms with E-state index in [2.05, 4.69) is 52.5 Å². The molecule has 3 nitrogen and oxygen atoms in total. The summed E-state index contributed by atoms with van der Waals surface area (Å²) in [6.45, 7) is 4.79. The van der Waals surface area contributed by atoms with Crippen molar-refractivity contribution in [3.8, 4) is 0 Å². The molecule has 0 bridgehead atoms. The maximum atomic E-state index is 13.0. The molecule has 1 atom stereocenters. The van der Waals surface area contributed by atoms with Crippen LogP contribution in [0.2, 0.25) is 0 Å². The molecule has 1 N–H and O–H groups in total. The van der Waals surface area contributed by atoms with E-state index in [1.807, 2.05) is 43.3 Å². The van der Waals surface area contributed by atoms with Gasteiger partial charge in [0.2, 0.25) is 0 Å². The van der Waals surface area contributed by atoms with Gasteiger partial charge in [0.25, 0.3) is 5.91 Å². The van der Waals surface area contributed by atoms with Gasteiger partial charge in [0.05, 0.1) is 6.04 Å². The summed E-state index contributed by atoms with van der Waals surface area (Å²) in [6, 6.07) is 22.6. The Labute approximate surface area is 163 Å². The molecule has 2 heterocycles. The molecule has 0 aliphatic carbocycles. The van der Waals surface area contributed by atoms with E-state index in [9.17, 15) is 4.79 Å². The summed E-state index contributed by atoms with van der Waals surface area (Å²) in [7, 11) is 0. The van der Waals surface area contributed by atoms with Crippen molar-refractivity contribution in [3.05, 3.63) is 94.5 Å². The molecule has 0 aliphatic rings. The minimum atomic E-state index is -0.0422. The van der Waals surface area contributed by atoms with Crippen LogP contribution in [-0.2, 0) is 6.54 Å². The molecule has 0 saturated heterocycles. The first-order valence-electron chi connectivity index (χ1n) is 9.10. The van der Waals surface area contributed by atoms with Crippen LogP contribution in [0.3, 0.4) is 0 Å². The van der Waals surface area contributed by atoms with Gasteiger partial charge >= 0.3 is 0 Å². The largest absolute Gasteiger partial charge is 0.344 e. The van der Waals surface area contributed by atoms with Crippen LogP contribution in [0, 0.1) is 6.92 Å². The van der Waals surface area contributed by atoms with E-state index >= 15 is 0 Å². The summed E-state index contributed by atoms with van der Waals surface area (Å²) in [4.78, 5) is 14.2. The van der Waals surface area contributed by atoms with Crippen molar-refractivity contribution in [3.63, 3.8) is 0 Å². The average Bonchev–Trinajstić information content (AvgIpc) is 3.27. The Morgan fingerprint density at radius 2 is 1.81 bits per heavy atom. The highest BCUT2D eigenvalue weighted by Gasteiger charge is 2.19. The molecule has 4 heteroatoms. The fraction of sp³-hybridized carbons (Fsp3) is 0.174. The Hall–Kier alpha value is -2.85. The minimum absolute atomic E-state index is 0.0399. The number of hydrogen-bond acceptors (Lipinski definition) is 2. The third-order valence-electron chi connectivity index (χ3n) is 4.84. The number of benzene rings is 2. The van der Waals surface area contributed by atoms with Gasteiger partial charge in [0.15, 0.2) is 0 Å². The number of nitrogens with zero attached hydrogens (tertiary/aromatic N) is 1. The van der Waals surface area contributed by atoms with Crippen molar-refractivity contribution in [2.45, 2.75) is 26.4 Å². The van der Waals surface area contributed by atoms with E-state index in [1.165, 1.54) is 11.1 Å². The molecule has 0 saturated carbocycles. The van der Waals surface area contributed by atoms with Crippen molar-refractivity contribution < 1.29 is 4.79 Å². The molecule has 136 valence electrons. The summed E-state index contributed by atoms with van der Waals surface area (Å²) in [6.07, 6.45) is 0. The van der Waals surface area contributed by atoms with Gasteiger partial charge in [-0.15, -0.1) is 11.3 Å². The molecular weight excluding hydrogens is 352 g/mol. The van der Waals surface area contributed by atoms with Crippen LogP contribution in [-0.4, -0.2) is 10.5 Å². The standard InChI is InChI=1S/C23H22N2OS/c1-16-8-10-18(11-9-16)15-25-21(14-20-12-13-27-23(20)25)22(26)24-17(2)19-6-4-3-5-7-19/h3-14,17H,15H2,1-2H3,(H,24,26)/t17-/m0/s1. The SMILES string of the molecule is Cc1ccc(Cn2c(C(=O)N[C@@H](C)c3ccccc3)cc3ccsc32)cc1. The van der Waals surface area contributed by atoms with Gasteiger partial charge in [0.1, 0.15) is 10.5 Å². The summed E-state index contributed by atoms with van der Waals surface area (Å²) < 4.78 is 2.12. The summed E-state index contributed by atoms with van der Waals surface area (Å²) in [5.74, 6) is -0.0399. The number of rotatable bonds is 5. The second-order valence-electron chi connectivity index (χ2n) is 6.89. The van der Waals surface area contributed by atoms with Crippen LogP contribution >= 0.6 is 11.3 Å². The fourth-order valence-corrected chi connectivity index (χ4v) is 4.19. The molecule has 2 aromatic carbocycles. The number of hydrogen-bond donors (Lipinski definition) is 1. The third-order valence-corrected chi connectivity index (χ3v) is 5.80. The lowest BCUT2D eigenvalue weighted by Crippen LogP contribution is -2.28. The maximum Gasteiger partial charge on any atom is 0.268 e. The van der Waals surface area contributed by atoms with Gasteiger partial charge < -0.3 is 9.88 Å². The Morgan fingerprint density at radius 1 is 1.07 bits per heavy atom. The topological polar surface area (TPSA) is 34.0 Å². The van der Waals surface area contributed by atoms with Gasteiger partial charge in [-0.2, -0.15) is 0 Å². The van der Waals surface area contributed by atoms with E-state index in [4.69, 9.17) is 0 Å². The number of carbonyl (C=O) groups excluding carboxylic acids is 1. The quantitative estimate of drug-likeness (QED) is 0.488. The molecule has 2 aromatic heterocycles. The van der Waals surface area contributed by atoms with Crippen LogP contribution in [0.4, 0.5) is 0 Å². The van der Waals surface area contributed by atoms with Gasteiger partial charge in [-0.25, -0.2) is 0 Å². The van der Waals surface area contributed by atoms with Crippen molar-refractivity contribution in [2.75, 3.05) is 0 Å². The molecule has 0 spiro atoms. The second kappa shape index (κ2) is 7.41. The summed E-state index contributed by atoms with van der Waals surface area (Å²) >= 11 is 1.67. The Morgan fingerprint density at radius 3 is 2.56 bits per heavy atom. The first kappa shape index (κ1) is 17.6. The minimum Gasteiger partial charge on any atom is -0.344 e. The number of fused-ring (bicyclic) bond motifs is 1. The van der Waals surface area contributed by atoms with E-state index in [0.29, 0.717) is 12.2 Å². The molecule has 0 fully saturated rings. The van der Waals surface area contributed by atoms with Crippen LogP contribution in [0.25, 0.3) is 10.2 Å². The van der Waals surface area contributed by atoms with E-state index < -0.39 is 0 Å². The third kappa shape index (κ3) is 3.67. The molecule has 4 rings (SSSR count). The number of aryl methyl sites for hydroxylation is 1. The predicted molar refractivity (Wildman–Crippen MR) is 112 cm³/mol. The van der Waals surface area contributed by atoms with Crippen molar-refractivity contribution >= 4 is 27.5 Å². The Bertz CT molecular complexity index is 1060. The highest BCUT2D eigenvalue weighted by atomic mass is 32.1. The number of aromatic nitrogens is 1. The smallest absolute Gasteiger partial charge is 0.268 e. The zero-order valence-corrected chi connectivity index (χ0v) is 16.3. The van der Waals surface area contributed by atoms with Crippen LogP contribution in [0.15, 0.2) is 72.1 Å². The first-order chi connectivity index (χ1) is 13.1. The zero-order valence-electron chi connectivity index (χ0n) is 15.5. The monoisotopic (exact) mass is 374 g/mol. The van der Waals surface area contributed by atoms with Crippen molar-refractivity contribution in [1.29, 1.82) is 0 Å². The van der Waals surface area contributed by atoms with Gasteiger partial charge in [-0.3, -0.25) is 4.79 Å². The van der Waals surface area contributed by atoms with Crippen LogP contribution in [0.1, 0.15) is 40.1 Å². The lowest BCUT2D eigenvalue weighted by atomic mass is 10.1. The van der Waals surface area contributed by atoms with Crippen LogP contribution in [0.5, 0.6) is 0 Å². The summed E-state index contributed by atoms with van der Waals surface area (Å²) in [5.41, 5.74) is 4.24. The zero-order chi connectivity index (χ0) is 18.8. The highest BCUT2D eigenvalue weighted by molar-refractivity contribution is 7.16. The first-order valence-corrected chi connectivity index (χ1v) is 9.98. The highest BCUT2D eigenvalue weighted by Crippen LogP contribution is 2.27. The van der Waals surface area contributed by atoms with Gasteiger partial charge in [0, 0.05) is 11.9 Å². The molecular formula is C23H22N2OS. The van der Waals surface area contributed by atoms with Crippen LogP contribution < -0.4 is 5.32 Å². The molecule has 0 radical (unpaired) electrons.